The summed E-state index contributed by atoms with van der Waals surface area (Å²) in [6, 6.07) is 22.9. The molecule has 5 nitrogen and oxygen atoms in total. The Morgan fingerprint density at radius 2 is 1.77 bits per heavy atom. The number of benzene rings is 3. The standard InChI is InChI=1S/C25H20FN3O2/c26-19-9-6-10-20(14-19)28-15-18(13-24(28)31)25-27-21-11-4-5-12-22(21)29(25)16-23(30)17-7-2-1-3-8-17/h1-12,14,18H,13,15-16H2. The predicted octanol–water partition coefficient (Wildman–Crippen LogP) is 4.58. The highest BCUT2D eigenvalue weighted by molar-refractivity contribution is 5.98. The van der Waals surface area contributed by atoms with Crippen molar-refractivity contribution < 1.29 is 14.0 Å². The third-order valence-electron chi connectivity index (χ3n) is 5.69. The maximum absolute atomic E-state index is 13.7. The van der Waals surface area contributed by atoms with Gasteiger partial charge < -0.3 is 9.47 Å². The van der Waals surface area contributed by atoms with Crippen molar-refractivity contribution in [3.8, 4) is 0 Å². The van der Waals surface area contributed by atoms with Crippen molar-refractivity contribution in [3.63, 3.8) is 0 Å². The fourth-order valence-corrected chi connectivity index (χ4v) is 4.20. The molecule has 1 aliphatic heterocycles. The number of fused-ring (bicyclic) bond motifs is 1. The normalized spacial score (nSPS) is 16.2. The van der Waals surface area contributed by atoms with Crippen molar-refractivity contribution in [2.24, 2.45) is 0 Å². The van der Waals surface area contributed by atoms with Gasteiger partial charge in [0, 0.05) is 30.1 Å². The summed E-state index contributed by atoms with van der Waals surface area (Å²) in [4.78, 5) is 32.1. The summed E-state index contributed by atoms with van der Waals surface area (Å²) in [6.45, 7) is 0.537. The number of carbonyl (C=O) groups excluding carboxylic acids is 2. The van der Waals surface area contributed by atoms with Gasteiger partial charge >= 0.3 is 0 Å². The van der Waals surface area contributed by atoms with Gasteiger partial charge in [0.15, 0.2) is 5.78 Å². The molecule has 154 valence electrons. The Balaban J connectivity index is 1.51. The van der Waals surface area contributed by atoms with Crippen LogP contribution in [0.4, 0.5) is 10.1 Å². The molecule has 1 saturated heterocycles. The minimum atomic E-state index is -0.380. The van der Waals surface area contributed by atoms with Crippen LogP contribution >= 0.6 is 0 Å². The van der Waals surface area contributed by atoms with Crippen molar-refractivity contribution in [3.05, 3.63) is 96.1 Å². The van der Waals surface area contributed by atoms with E-state index in [0.29, 0.717) is 23.6 Å². The molecule has 1 fully saturated rings. The average molecular weight is 413 g/mol. The lowest BCUT2D eigenvalue weighted by molar-refractivity contribution is -0.117. The lowest BCUT2D eigenvalue weighted by Gasteiger charge is -2.17. The number of halogens is 1. The van der Waals surface area contributed by atoms with E-state index in [1.807, 2.05) is 47.0 Å². The molecule has 0 aliphatic carbocycles. The van der Waals surface area contributed by atoms with E-state index in [1.54, 1.807) is 29.2 Å². The largest absolute Gasteiger partial charge is 0.320 e. The number of imidazole rings is 1. The molecular formula is C25H20FN3O2. The van der Waals surface area contributed by atoms with Gasteiger partial charge in [0.25, 0.3) is 0 Å². The number of hydrogen-bond donors (Lipinski definition) is 0. The van der Waals surface area contributed by atoms with E-state index >= 15 is 0 Å². The van der Waals surface area contributed by atoms with Crippen LogP contribution in [-0.2, 0) is 11.3 Å². The third kappa shape index (κ3) is 3.61. The zero-order chi connectivity index (χ0) is 21.4. The number of nitrogens with zero attached hydrogens (tertiary/aromatic N) is 3. The van der Waals surface area contributed by atoms with Crippen LogP contribution in [0.25, 0.3) is 11.0 Å². The van der Waals surface area contributed by atoms with Crippen LogP contribution in [0.5, 0.6) is 0 Å². The molecule has 0 spiro atoms. The Morgan fingerprint density at radius 3 is 2.58 bits per heavy atom. The summed E-state index contributed by atoms with van der Waals surface area (Å²) in [6.07, 6.45) is 0.263. The number of hydrogen-bond acceptors (Lipinski definition) is 3. The van der Waals surface area contributed by atoms with E-state index in [2.05, 4.69) is 0 Å². The molecular weight excluding hydrogens is 393 g/mol. The fourth-order valence-electron chi connectivity index (χ4n) is 4.20. The first-order chi connectivity index (χ1) is 15.1. The Hall–Kier alpha value is -3.80. The number of carbonyl (C=O) groups is 2. The van der Waals surface area contributed by atoms with Crippen LogP contribution in [0, 0.1) is 5.82 Å². The molecule has 1 unspecified atom stereocenters. The molecule has 0 bridgehead atoms. The lowest BCUT2D eigenvalue weighted by atomic mass is 10.1. The van der Waals surface area contributed by atoms with E-state index in [9.17, 15) is 14.0 Å². The maximum atomic E-state index is 13.7. The van der Waals surface area contributed by atoms with Crippen LogP contribution in [0.1, 0.15) is 28.5 Å². The average Bonchev–Trinajstić information content (AvgIpc) is 3.35. The summed E-state index contributed by atoms with van der Waals surface area (Å²) in [5.41, 5.74) is 2.82. The summed E-state index contributed by atoms with van der Waals surface area (Å²) < 4.78 is 15.6. The Kier molecular flexibility index (Phi) is 4.82. The molecule has 1 amide bonds. The maximum Gasteiger partial charge on any atom is 0.227 e. The highest BCUT2D eigenvalue weighted by Gasteiger charge is 2.35. The third-order valence-corrected chi connectivity index (χ3v) is 5.69. The highest BCUT2D eigenvalue weighted by atomic mass is 19.1. The molecule has 3 aromatic carbocycles. The van der Waals surface area contributed by atoms with Crippen LogP contribution in [0.2, 0.25) is 0 Å². The first kappa shape index (κ1) is 19.2. The number of ketones is 1. The van der Waals surface area contributed by atoms with E-state index < -0.39 is 0 Å². The van der Waals surface area contributed by atoms with Gasteiger partial charge in [0.1, 0.15) is 11.6 Å². The van der Waals surface area contributed by atoms with Crippen molar-refractivity contribution in [1.29, 1.82) is 0 Å². The summed E-state index contributed by atoms with van der Waals surface area (Å²) >= 11 is 0. The molecule has 1 aliphatic rings. The molecule has 1 aromatic heterocycles. The second-order valence-electron chi connectivity index (χ2n) is 7.72. The topological polar surface area (TPSA) is 55.2 Å². The monoisotopic (exact) mass is 413 g/mol. The van der Waals surface area contributed by atoms with Gasteiger partial charge in [-0.1, -0.05) is 48.5 Å². The predicted molar refractivity (Wildman–Crippen MR) is 117 cm³/mol. The van der Waals surface area contributed by atoms with Crippen LogP contribution in [-0.4, -0.2) is 27.8 Å². The minimum Gasteiger partial charge on any atom is -0.320 e. The molecule has 0 saturated carbocycles. The molecule has 1 atom stereocenters. The Labute approximate surface area is 178 Å². The second-order valence-corrected chi connectivity index (χ2v) is 7.72. The van der Waals surface area contributed by atoms with E-state index in [0.717, 1.165) is 11.0 Å². The van der Waals surface area contributed by atoms with Crippen molar-refractivity contribution >= 4 is 28.4 Å². The number of amides is 1. The van der Waals surface area contributed by atoms with Gasteiger partial charge in [-0.05, 0) is 30.3 Å². The van der Waals surface area contributed by atoms with E-state index in [-0.39, 0.29) is 36.4 Å². The molecule has 31 heavy (non-hydrogen) atoms. The van der Waals surface area contributed by atoms with Crippen LogP contribution in [0.3, 0.4) is 0 Å². The smallest absolute Gasteiger partial charge is 0.227 e. The van der Waals surface area contributed by atoms with Crippen molar-refractivity contribution in [1.82, 2.24) is 9.55 Å². The number of para-hydroxylation sites is 2. The van der Waals surface area contributed by atoms with Gasteiger partial charge in [0.2, 0.25) is 5.91 Å². The first-order valence-corrected chi connectivity index (χ1v) is 10.2. The summed E-state index contributed by atoms with van der Waals surface area (Å²) in [5, 5.41) is 0. The lowest BCUT2D eigenvalue weighted by Crippen LogP contribution is -2.24. The van der Waals surface area contributed by atoms with Crippen molar-refractivity contribution in [2.45, 2.75) is 18.9 Å². The zero-order valence-electron chi connectivity index (χ0n) is 16.7. The van der Waals surface area contributed by atoms with Crippen molar-refractivity contribution in [2.75, 3.05) is 11.4 Å². The molecule has 4 aromatic rings. The number of anilines is 1. The van der Waals surface area contributed by atoms with Gasteiger partial charge in [-0.2, -0.15) is 0 Å². The summed E-state index contributed by atoms with van der Waals surface area (Å²) in [5.74, 6) is 0.0406. The SMILES string of the molecule is O=C(Cn1c(C2CC(=O)N(c3cccc(F)c3)C2)nc2ccccc21)c1ccccc1. The highest BCUT2D eigenvalue weighted by Crippen LogP contribution is 2.33. The minimum absolute atomic E-state index is 0.0173. The van der Waals surface area contributed by atoms with E-state index in [1.165, 1.54) is 12.1 Å². The Morgan fingerprint density at radius 1 is 1.00 bits per heavy atom. The van der Waals surface area contributed by atoms with Gasteiger partial charge in [-0.3, -0.25) is 9.59 Å². The first-order valence-electron chi connectivity index (χ1n) is 10.2. The zero-order valence-corrected chi connectivity index (χ0v) is 16.7. The number of Topliss-reactive ketones (excluding diaryl/α,β-unsaturated/α-hetero) is 1. The molecule has 2 heterocycles. The van der Waals surface area contributed by atoms with Gasteiger partial charge in [0.05, 0.1) is 17.6 Å². The molecule has 5 rings (SSSR count). The molecule has 0 radical (unpaired) electrons. The van der Waals surface area contributed by atoms with Crippen LogP contribution < -0.4 is 4.90 Å². The molecule has 0 N–H and O–H groups in total. The quantitative estimate of drug-likeness (QED) is 0.450. The Bertz CT molecular complexity index is 1280. The van der Waals surface area contributed by atoms with Gasteiger partial charge in [-0.25, -0.2) is 9.37 Å². The number of aromatic nitrogens is 2. The van der Waals surface area contributed by atoms with Crippen LogP contribution in [0.15, 0.2) is 78.9 Å². The fraction of sp³-hybridized carbons (Fsp3) is 0.160. The summed E-state index contributed by atoms with van der Waals surface area (Å²) in [7, 11) is 0. The second kappa shape index (κ2) is 7.80. The van der Waals surface area contributed by atoms with Gasteiger partial charge in [-0.15, -0.1) is 0 Å². The number of rotatable bonds is 5. The van der Waals surface area contributed by atoms with E-state index in [4.69, 9.17) is 4.98 Å². The molecule has 6 heteroatoms.